The summed E-state index contributed by atoms with van der Waals surface area (Å²) in [5.74, 6) is -1.16. The van der Waals surface area contributed by atoms with Crippen LogP contribution >= 0.6 is 24.0 Å². The van der Waals surface area contributed by atoms with Crippen molar-refractivity contribution in [2.24, 2.45) is 0 Å². The van der Waals surface area contributed by atoms with Gasteiger partial charge in [0.15, 0.2) is 21.9 Å². The van der Waals surface area contributed by atoms with Gasteiger partial charge >= 0.3 is 5.97 Å². The lowest BCUT2D eigenvalue weighted by molar-refractivity contribution is -0.145. The predicted octanol–water partition coefficient (Wildman–Crippen LogP) is 3.49. The van der Waals surface area contributed by atoms with Gasteiger partial charge in [-0.25, -0.2) is 4.79 Å². The summed E-state index contributed by atoms with van der Waals surface area (Å²) in [5, 5.41) is 10.2. The Morgan fingerprint density at radius 1 is 1.15 bits per heavy atom. The van der Waals surface area contributed by atoms with Gasteiger partial charge in [0, 0.05) is 0 Å². The van der Waals surface area contributed by atoms with Crippen molar-refractivity contribution in [3.63, 3.8) is 0 Å². The molecular weight excluding hydrogens is 480 g/mol. The Kier molecular flexibility index (Phi) is 8.13. The molecule has 3 rings (SSSR count). The molecule has 1 atom stereocenters. The monoisotopic (exact) mass is 502 g/mol. The van der Waals surface area contributed by atoms with Crippen LogP contribution in [0.4, 0.5) is 0 Å². The second-order valence-corrected chi connectivity index (χ2v) is 8.60. The number of methoxy groups -OCH3 is 2. The number of rotatable bonds is 9. The number of thiocarbonyl (C=S) groups is 1. The van der Waals surface area contributed by atoms with Crippen LogP contribution < -0.4 is 19.6 Å². The first-order valence-electron chi connectivity index (χ1n) is 10.1. The zero-order valence-electron chi connectivity index (χ0n) is 18.6. The molecule has 1 aliphatic heterocycles. The summed E-state index contributed by atoms with van der Waals surface area (Å²) >= 11 is 6.31. The molecule has 1 heterocycles. The fourth-order valence-corrected chi connectivity index (χ4v) is 4.22. The van der Waals surface area contributed by atoms with Crippen molar-refractivity contribution in [2.45, 2.75) is 19.4 Å². The molecule has 1 unspecified atom stereocenters. The molecule has 0 aromatic heterocycles. The van der Waals surface area contributed by atoms with E-state index in [0.29, 0.717) is 17.1 Å². The van der Waals surface area contributed by atoms with E-state index in [4.69, 9.17) is 26.4 Å². The van der Waals surface area contributed by atoms with Crippen LogP contribution in [0.5, 0.6) is 17.2 Å². The number of para-hydroxylation sites is 1. The van der Waals surface area contributed by atoms with E-state index >= 15 is 0 Å². The second kappa shape index (κ2) is 11.0. The highest BCUT2D eigenvalue weighted by atomic mass is 32.2. The molecular formula is C23H22N2O7S2. The molecule has 0 bridgehead atoms. The number of aliphatic carboxylic acids is 1. The maximum Gasteiger partial charge on any atom is 0.344 e. The summed E-state index contributed by atoms with van der Waals surface area (Å²) < 4.78 is 16.2. The van der Waals surface area contributed by atoms with Gasteiger partial charge in [0.05, 0.1) is 24.7 Å². The van der Waals surface area contributed by atoms with Gasteiger partial charge in [-0.15, -0.1) is 0 Å². The first-order valence-corrected chi connectivity index (χ1v) is 11.3. The number of hydrogen-bond donors (Lipinski definition) is 2. The average molecular weight is 503 g/mol. The third kappa shape index (κ3) is 5.49. The zero-order valence-corrected chi connectivity index (χ0v) is 20.2. The maximum absolute atomic E-state index is 12.9. The number of nitrogens with zero attached hydrogens (tertiary/aromatic N) is 1. The van der Waals surface area contributed by atoms with E-state index in [-0.39, 0.29) is 27.0 Å². The van der Waals surface area contributed by atoms with E-state index in [9.17, 15) is 19.5 Å². The van der Waals surface area contributed by atoms with Crippen LogP contribution in [0.15, 0.2) is 47.4 Å². The molecule has 0 saturated carbocycles. The summed E-state index contributed by atoms with van der Waals surface area (Å²) in [6, 6.07) is 11.5. The molecule has 0 radical (unpaired) electrons. The molecule has 1 fully saturated rings. The van der Waals surface area contributed by atoms with Gasteiger partial charge in [-0.2, -0.15) is 5.01 Å². The van der Waals surface area contributed by atoms with Gasteiger partial charge in [-0.05, 0) is 54.5 Å². The van der Waals surface area contributed by atoms with Crippen molar-refractivity contribution >= 4 is 52.2 Å². The lowest BCUT2D eigenvalue weighted by Gasteiger charge is -2.17. The van der Waals surface area contributed by atoms with Gasteiger partial charge in [0.1, 0.15) is 5.75 Å². The molecule has 2 N–H and O–H groups in total. The Balaban J connectivity index is 1.79. The van der Waals surface area contributed by atoms with Gasteiger partial charge < -0.3 is 19.3 Å². The van der Waals surface area contributed by atoms with Crippen LogP contribution in [0.25, 0.3) is 6.08 Å². The van der Waals surface area contributed by atoms with Crippen LogP contribution in [-0.4, -0.2) is 52.5 Å². The summed E-state index contributed by atoms with van der Waals surface area (Å²) in [6.45, 7) is 1.70. The lowest BCUT2D eigenvalue weighted by Crippen LogP contribution is -2.44. The molecule has 2 aromatic rings. The van der Waals surface area contributed by atoms with Crippen LogP contribution in [-0.2, 0) is 9.59 Å². The number of ether oxygens (including phenoxy) is 3. The Morgan fingerprint density at radius 2 is 1.85 bits per heavy atom. The number of hydrazine groups is 1. The first kappa shape index (κ1) is 25.1. The standard InChI is InChI=1S/C23H22N2O7S2/c1-4-15(22(28)29)32-17-10-9-13(11-18(17)31-3)12-19-21(27)25(23(33)34-19)24-20(26)14-7-5-6-8-16(14)30-2/h5-12,15H,4H2,1-3H3,(H,24,26)(H,28,29)/b19-12+. The topological polar surface area (TPSA) is 114 Å². The third-order valence-electron chi connectivity index (χ3n) is 4.76. The van der Waals surface area contributed by atoms with E-state index < -0.39 is 23.9 Å². The van der Waals surface area contributed by atoms with E-state index in [1.54, 1.807) is 55.5 Å². The molecule has 11 heteroatoms. The second-order valence-electron chi connectivity index (χ2n) is 6.92. The SMILES string of the molecule is CCC(Oc1ccc(/C=C2/SC(=S)N(NC(=O)c3ccccc3OC)C2=O)cc1OC)C(=O)O. The van der Waals surface area contributed by atoms with Gasteiger partial charge in [0.2, 0.25) is 0 Å². The Hall–Kier alpha value is -3.57. The Morgan fingerprint density at radius 3 is 2.50 bits per heavy atom. The van der Waals surface area contributed by atoms with Crippen molar-refractivity contribution in [3.05, 3.63) is 58.5 Å². The van der Waals surface area contributed by atoms with Crippen molar-refractivity contribution in [3.8, 4) is 17.2 Å². The fourth-order valence-electron chi connectivity index (χ4n) is 3.04. The number of amides is 2. The van der Waals surface area contributed by atoms with Gasteiger partial charge in [0.25, 0.3) is 11.8 Å². The maximum atomic E-state index is 12.9. The molecule has 34 heavy (non-hydrogen) atoms. The van der Waals surface area contributed by atoms with Crippen LogP contribution in [0.2, 0.25) is 0 Å². The van der Waals surface area contributed by atoms with Gasteiger partial charge in [-0.3, -0.25) is 15.0 Å². The van der Waals surface area contributed by atoms with E-state index in [2.05, 4.69) is 5.43 Å². The van der Waals surface area contributed by atoms with Crippen LogP contribution in [0, 0.1) is 0 Å². The van der Waals surface area contributed by atoms with Crippen molar-refractivity contribution in [1.82, 2.24) is 10.4 Å². The highest BCUT2D eigenvalue weighted by Crippen LogP contribution is 2.34. The minimum Gasteiger partial charge on any atom is -0.496 e. The Bertz CT molecular complexity index is 1170. The lowest BCUT2D eigenvalue weighted by atomic mass is 10.1. The summed E-state index contributed by atoms with van der Waals surface area (Å²) in [5.41, 5.74) is 3.38. The number of benzene rings is 2. The third-order valence-corrected chi connectivity index (χ3v) is 6.06. The van der Waals surface area contributed by atoms with Crippen molar-refractivity contribution in [1.29, 1.82) is 0 Å². The van der Waals surface area contributed by atoms with Crippen molar-refractivity contribution < 1.29 is 33.7 Å². The molecule has 0 aliphatic carbocycles. The van der Waals surface area contributed by atoms with Gasteiger partial charge in [-0.1, -0.05) is 36.9 Å². The number of hydrogen-bond acceptors (Lipinski definition) is 8. The largest absolute Gasteiger partial charge is 0.496 e. The van der Waals surface area contributed by atoms with Crippen LogP contribution in [0.1, 0.15) is 29.3 Å². The molecule has 2 aromatic carbocycles. The summed E-state index contributed by atoms with van der Waals surface area (Å²) in [7, 11) is 2.88. The molecule has 9 nitrogen and oxygen atoms in total. The number of carboxylic acids is 1. The summed E-state index contributed by atoms with van der Waals surface area (Å²) in [6.07, 6.45) is 0.862. The highest BCUT2D eigenvalue weighted by Gasteiger charge is 2.34. The number of carboxylic acid groups (broad SMARTS) is 1. The molecule has 178 valence electrons. The smallest absolute Gasteiger partial charge is 0.344 e. The average Bonchev–Trinajstić information content (AvgIpc) is 3.09. The quantitative estimate of drug-likeness (QED) is 0.393. The minimum absolute atomic E-state index is 0.165. The van der Waals surface area contributed by atoms with E-state index in [0.717, 1.165) is 16.8 Å². The predicted molar refractivity (Wildman–Crippen MR) is 131 cm³/mol. The molecule has 1 saturated heterocycles. The summed E-state index contributed by atoms with van der Waals surface area (Å²) in [4.78, 5) is 37.1. The van der Waals surface area contributed by atoms with E-state index in [1.807, 2.05) is 0 Å². The minimum atomic E-state index is -1.08. The van der Waals surface area contributed by atoms with Crippen molar-refractivity contribution in [2.75, 3.05) is 14.2 Å². The molecule has 0 spiro atoms. The molecule has 2 amide bonds. The molecule has 1 aliphatic rings. The Labute approximate surface area is 205 Å². The van der Waals surface area contributed by atoms with Crippen LogP contribution in [0.3, 0.4) is 0 Å². The first-order chi connectivity index (χ1) is 16.3. The number of carbonyl (C=O) groups excluding carboxylic acids is 2. The van der Waals surface area contributed by atoms with E-state index in [1.165, 1.54) is 14.2 Å². The zero-order chi connectivity index (χ0) is 24.8. The fraction of sp³-hybridized carbons (Fsp3) is 0.217. The number of nitrogens with one attached hydrogen (secondary N) is 1. The highest BCUT2D eigenvalue weighted by molar-refractivity contribution is 8.26. The number of thioether (sulfide) groups is 1. The normalized spacial score (nSPS) is 15.3. The number of carbonyl (C=O) groups is 3.